The van der Waals surface area contributed by atoms with Crippen LogP contribution in [0.5, 0.6) is 5.75 Å². The molecule has 3 nitrogen and oxygen atoms in total. The average molecular weight is 541 g/mol. The van der Waals surface area contributed by atoms with Crippen molar-refractivity contribution in [2.45, 2.75) is 113 Å². The van der Waals surface area contributed by atoms with Crippen LogP contribution in [0.4, 0.5) is 0 Å². The van der Waals surface area contributed by atoms with Crippen LogP contribution in [0.25, 0.3) is 0 Å². The summed E-state index contributed by atoms with van der Waals surface area (Å²) in [6, 6.07) is 8.20. The molecule has 3 saturated carbocycles. The van der Waals surface area contributed by atoms with Crippen LogP contribution in [0.1, 0.15) is 102 Å². The molecular weight excluding hydrogens is 494 g/mol. The first-order valence-electron chi connectivity index (χ1n) is 14.8. The number of para-hydroxylation sites is 1. The normalized spacial score (nSPS) is 30.9. The van der Waals surface area contributed by atoms with Crippen molar-refractivity contribution >= 4 is 16.5 Å². The molecule has 0 spiro atoms. The van der Waals surface area contributed by atoms with Crippen LogP contribution in [0, 0.1) is 5.92 Å². The third-order valence-electron chi connectivity index (χ3n) is 9.17. The van der Waals surface area contributed by atoms with Crippen molar-refractivity contribution in [1.82, 2.24) is 0 Å². The van der Waals surface area contributed by atoms with Crippen molar-refractivity contribution < 1.29 is 13.6 Å². The van der Waals surface area contributed by atoms with E-state index in [4.69, 9.17) is 13.6 Å². The fraction of sp³-hybridized carbons (Fsp3) is 0.625. The summed E-state index contributed by atoms with van der Waals surface area (Å²) < 4.78 is 18.9. The highest BCUT2D eigenvalue weighted by Gasteiger charge is 2.39. The third kappa shape index (κ3) is 6.72. The summed E-state index contributed by atoms with van der Waals surface area (Å²) in [6.07, 6.45) is 22.3. The first kappa shape index (κ1) is 27.4. The number of rotatable bonds is 7. The SMILES string of the molecule is C=C/C=C1/OP(OCC2CCC(P(C3CCCCC3)C3CCCCC3)CC2=C)Oc2ccccc2C1C. The summed E-state index contributed by atoms with van der Waals surface area (Å²) in [7, 11) is -1.40. The molecule has 4 atom stereocenters. The highest BCUT2D eigenvalue weighted by molar-refractivity contribution is 7.60. The van der Waals surface area contributed by atoms with Crippen LogP contribution >= 0.6 is 16.5 Å². The second-order valence-corrected chi connectivity index (χ2v) is 15.7. The van der Waals surface area contributed by atoms with E-state index < -0.39 is 8.60 Å². The van der Waals surface area contributed by atoms with Gasteiger partial charge in [-0.25, -0.2) is 0 Å². The standard InChI is InChI=1S/C32H46O3P2/c1-4-13-31-25(3)30-18-11-12-19-32(30)35-37(34-31)33-23-26-20-21-29(22-24(26)2)36(27-14-7-5-8-15-27)28-16-9-6-10-17-28/h4,11-13,18-19,25-29H,1-2,5-10,14-17,20-23H2,3H3/b31-13+. The number of benzene rings is 1. The molecule has 0 bridgehead atoms. The topological polar surface area (TPSA) is 27.7 Å². The van der Waals surface area contributed by atoms with Crippen molar-refractivity contribution in [3.8, 4) is 5.75 Å². The zero-order chi connectivity index (χ0) is 25.6. The van der Waals surface area contributed by atoms with E-state index in [-0.39, 0.29) is 13.8 Å². The Labute approximate surface area is 227 Å². The zero-order valence-corrected chi connectivity index (χ0v) is 24.6. The van der Waals surface area contributed by atoms with Gasteiger partial charge in [-0.05, 0) is 74.1 Å². The average Bonchev–Trinajstić information content (AvgIpc) is 3.06. The molecule has 0 aromatic heterocycles. The Kier molecular flexibility index (Phi) is 9.84. The van der Waals surface area contributed by atoms with E-state index in [1.165, 1.54) is 89.0 Å². The molecule has 5 rings (SSSR count). The van der Waals surface area contributed by atoms with Gasteiger partial charge in [-0.3, -0.25) is 4.52 Å². The van der Waals surface area contributed by atoms with Gasteiger partial charge < -0.3 is 9.05 Å². The Morgan fingerprint density at radius 2 is 1.59 bits per heavy atom. The molecular formula is C32H46O3P2. The molecule has 37 heavy (non-hydrogen) atoms. The van der Waals surface area contributed by atoms with Crippen molar-refractivity contribution in [2.24, 2.45) is 5.92 Å². The Balaban J connectivity index is 1.21. The highest BCUT2D eigenvalue weighted by Crippen LogP contribution is 2.62. The largest absolute Gasteiger partial charge is 0.462 e. The van der Waals surface area contributed by atoms with Gasteiger partial charge in [0.15, 0.2) is 0 Å². The fourth-order valence-electron chi connectivity index (χ4n) is 7.11. The first-order valence-corrected chi connectivity index (χ1v) is 17.4. The van der Waals surface area contributed by atoms with E-state index in [9.17, 15) is 0 Å². The second kappa shape index (κ2) is 13.3. The van der Waals surface area contributed by atoms with Crippen molar-refractivity contribution in [3.63, 3.8) is 0 Å². The second-order valence-electron chi connectivity index (χ2n) is 11.6. The Morgan fingerprint density at radius 3 is 2.24 bits per heavy atom. The minimum Gasteiger partial charge on any atom is -0.422 e. The van der Waals surface area contributed by atoms with Crippen LogP contribution in [0.15, 0.2) is 60.9 Å². The maximum Gasteiger partial charge on any atom is 0.462 e. The summed E-state index contributed by atoms with van der Waals surface area (Å²) >= 11 is 0. The van der Waals surface area contributed by atoms with Gasteiger partial charge in [0.1, 0.15) is 11.5 Å². The Morgan fingerprint density at radius 1 is 0.919 bits per heavy atom. The van der Waals surface area contributed by atoms with Gasteiger partial charge in [0.2, 0.25) is 0 Å². The molecule has 5 heteroatoms. The van der Waals surface area contributed by atoms with Crippen molar-refractivity contribution in [1.29, 1.82) is 0 Å². The van der Waals surface area contributed by atoms with Gasteiger partial charge in [-0.1, -0.05) is 96.4 Å². The van der Waals surface area contributed by atoms with Crippen LogP contribution < -0.4 is 4.52 Å². The van der Waals surface area contributed by atoms with E-state index in [0.29, 0.717) is 12.5 Å². The maximum absolute atomic E-state index is 6.37. The van der Waals surface area contributed by atoms with Crippen LogP contribution in [-0.4, -0.2) is 23.6 Å². The number of allylic oxidation sites excluding steroid dienone is 3. The lowest BCUT2D eigenvalue weighted by molar-refractivity contribution is 0.202. The predicted octanol–water partition coefficient (Wildman–Crippen LogP) is 10.4. The molecule has 1 aromatic carbocycles. The third-order valence-corrected chi connectivity index (χ3v) is 14.2. The van der Waals surface area contributed by atoms with Gasteiger partial charge in [-0.2, -0.15) is 0 Å². The number of fused-ring (bicyclic) bond motifs is 1. The smallest absolute Gasteiger partial charge is 0.422 e. The van der Waals surface area contributed by atoms with E-state index >= 15 is 0 Å². The summed E-state index contributed by atoms with van der Waals surface area (Å²) in [5, 5.41) is 0. The zero-order valence-electron chi connectivity index (χ0n) is 22.8. The monoisotopic (exact) mass is 540 g/mol. The van der Waals surface area contributed by atoms with E-state index in [1.807, 2.05) is 18.2 Å². The van der Waals surface area contributed by atoms with E-state index in [1.54, 1.807) is 6.08 Å². The predicted molar refractivity (Wildman–Crippen MR) is 159 cm³/mol. The molecule has 0 amide bonds. The molecule has 202 valence electrons. The van der Waals surface area contributed by atoms with E-state index in [2.05, 4.69) is 32.2 Å². The number of hydrogen-bond acceptors (Lipinski definition) is 3. The van der Waals surface area contributed by atoms with Crippen LogP contribution in [0.3, 0.4) is 0 Å². The minimum absolute atomic E-state index is 0.106. The van der Waals surface area contributed by atoms with Gasteiger partial charge in [0.25, 0.3) is 0 Å². The summed E-state index contributed by atoms with van der Waals surface area (Å²) in [4.78, 5) is 0. The van der Waals surface area contributed by atoms with Gasteiger partial charge in [0, 0.05) is 17.4 Å². The van der Waals surface area contributed by atoms with Gasteiger partial charge in [0.05, 0.1) is 6.61 Å². The quantitative estimate of drug-likeness (QED) is 0.254. The first-order chi connectivity index (χ1) is 18.1. The molecule has 4 unspecified atom stereocenters. The van der Waals surface area contributed by atoms with Gasteiger partial charge >= 0.3 is 8.60 Å². The molecule has 1 aliphatic heterocycles. The number of hydrogen-bond donors (Lipinski definition) is 0. The molecule has 1 aromatic rings. The summed E-state index contributed by atoms with van der Waals surface area (Å²) in [6.45, 7) is 11.3. The van der Waals surface area contributed by atoms with Crippen molar-refractivity contribution in [2.75, 3.05) is 6.61 Å². The minimum atomic E-state index is -1.50. The molecule has 0 N–H and O–H groups in total. The lowest BCUT2D eigenvalue weighted by Gasteiger charge is -2.45. The maximum atomic E-state index is 6.37. The molecule has 4 aliphatic rings. The molecule has 3 aliphatic carbocycles. The van der Waals surface area contributed by atoms with Gasteiger partial charge in [-0.15, -0.1) is 0 Å². The lowest BCUT2D eigenvalue weighted by atomic mass is 9.85. The summed E-state index contributed by atoms with van der Waals surface area (Å²) in [5.74, 6) is 2.23. The molecule has 1 heterocycles. The summed E-state index contributed by atoms with van der Waals surface area (Å²) in [5.41, 5.74) is 5.47. The molecule has 0 radical (unpaired) electrons. The van der Waals surface area contributed by atoms with E-state index in [0.717, 1.165) is 34.0 Å². The lowest BCUT2D eigenvalue weighted by Crippen LogP contribution is -2.31. The Bertz CT molecular complexity index is 929. The van der Waals surface area contributed by atoms with Crippen molar-refractivity contribution in [3.05, 3.63) is 66.5 Å². The van der Waals surface area contributed by atoms with Crippen LogP contribution in [0.2, 0.25) is 0 Å². The van der Waals surface area contributed by atoms with Crippen LogP contribution in [-0.2, 0) is 9.05 Å². The Hall–Kier alpha value is -1.14. The highest BCUT2D eigenvalue weighted by atomic mass is 31.2. The molecule has 0 saturated heterocycles. The fourth-order valence-corrected chi connectivity index (χ4v) is 12.9. The molecule has 3 fully saturated rings.